The van der Waals surface area contributed by atoms with E-state index in [2.05, 4.69) is 0 Å². The second-order valence-corrected chi connectivity index (χ2v) is 4.17. The van der Waals surface area contributed by atoms with Crippen LogP contribution < -0.4 is 0 Å². The predicted molar refractivity (Wildman–Crippen MR) is 37.7 cm³/mol. The lowest BCUT2D eigenvalue weighted by Gasteiger charge is -2.38. The highest BCUT2D eigenvalue weighted by atomic mass is 16.5. The molecule has 1 saturated carbocycles. The predicted octanol–water partition coefficient (Wildman–Crippen LogP) is 0.938. The SMILES string of the molecule is CC1(O)CCC2(COC2)C1. The molecule has 2 fully saturated rings. The van der Waals surface area contributed by atoms with Crippen LogP contribution in [0, 0.1) is 5.41 Å². The Labute approximate surface area is 61.2 Å². The Balaban J connectivity index is 2.05. The summed E-state index contributed by atoms with van der Waals surface area (Å²) in [4.78, 5) is 0. The number of hydrogen-bond acceptors (Lipinski definition) is 2. The first-order chi connectivity index (χ1) is 4.62. The molecule has 1 saturated heterocycles. The molecule has 1 aliphatic carbocycles. The normalized spacial score (nSPS) is 43.8. The lowest BCUT2D eigenvalue weighted by Crippen LogP contribution is -2.41. The van der Waals surface area contributed by atoms with Crippen molar-refractivity contribution in [3.8, 4) is 0 Å². The fraction of sp³-hybridized carbons (Fsp3) is 1.00. The zero-order valence-electron chi connectivity index (χ0n) is 6.39. The van der Waals surface area contributed by atoms with Gasteiger partial charge in [0.15, 0.2) is 0 Å². The van der Waals surface area contributed by atoms with Gasteiger partial charge in [0.25, 0.3) is 0 Å². The van der Waals surface area contributed by atoms with Gasteiger partial charge < -0.3 is 9.84 Å². The third kappa shape index (κ3) is 0.867. The van der Waals surface area contributed by atoms with Gasteiger partial charge in [-0.25, -0.2) is 0 Å². The van der Waals surface area contributed by atoms with Crippen molar-refractivity contribution in [2.75, 3.05) is 13.2 Å². The summed E-state index contributed by atoms with van der Waals surface area (Å²) < 4.78 is 5.14. The molecule has 0 bridgehead atoms. The topological polar surface area (TPSA) is 29.5 Å². The average Bonchev–Trinajstić information content (AvgIpc) is 2.04. The highest BCUT2D eigenvalue weighted by Crippen LogP contribution is 2.48. The van der Waals surface area contributed by atoms with Crippen LogP contribution in [-0.4, -0.2) is 23.9 Å². The summed E-state index contributed by atoms with van der Waals surface area (Å²) in [7, 11) is 0. The van der Waals surface area contributed by atoms with Gasteiger partial charge in [0, 0.05) is 5.41 Å². The quantitative estimate of drug-likeness (QED) is 0.545. The van der Waals surface area contributed by atoms with E-state index in [1.165, 1.54) is 0 Å². The van der Waals surface area contributed by atoms with Crippen molar-refractivity contribution >= 4 is 0 Å². The van der Waals surface area contributed by atoms with Crippen molar-refractivity contribution in [3.05, 3.63) is 0 Å². The minimum atomic E-state index is -0.399. The fourth-order valence-corrected chi connectivity index (χ4v) is 2.16. The first-order valence-electron chi connectivity index (χ1n) is 3.92. The summed E-state index contributed by atoms with van der Waals surface area (Å²) in [6, 6.07) is 0. The maximum Gasteiger partial charge on any atom is 0.0627 e. The smallest absolute Gasteiger partial charge is 0.0627 e. The fourth-order valence-electron chi connectivity index (χ4n) is 2.16. The standard InChI is InChI=1S/C8H14O2/c1-7(9)2-3-8(4-7)5-10-6-8/h9H,2-6H2,1H3. The van der Waals surface area contributed by atoms with Gasteiger partial charge in [-0.05, 0) is 26.2 Å². The Bertz CT molecular complexity index is 147. The van der Waals surface area contributed by atoms with Gasteiger partial charge in [-0.1, -0.05) is 0 Å². The molecule has 2 heteroatoms. The van der Waals surface area contributed by atoms with Gasteiger partial charge in [-0.2, -0.15) is 0 Å². The first-order valence-corrected chi connectivity index (χ1v) is 3.92. The molecule has 0 aromatic heterocycles. The van der Waals surface area contributed by atoms with Crippen molar-refractivity contribution in [2.45, 2.75) is 31.8 Å². The molecule has 0 radical (unpaired) electrons. The Hall–Kier alpha value is -0.0800. The Morgan fingerprint density at radius 3 is 2.20 bits per heavy atom. The van der Waals surface area contributed by atoms with Gasteiger partial charge in [-0.3, -0.25) is 0 Å². The van der Waals surface area contributed by atoms with Crippen molar-refractivity contribution in [1.82, 2.24) is 0 Å². The minimum absolute atomic E-state index is 0.378. The van der Waals surface area contributed by atoms with Gasteiger partial charge in [0.1, 0.15) is 0 Å². The van der Waals surface area contributed by atoms with Crippen LogP contribution in [0.25, 0.3) is 0 Å². The van der Waals surface area contributed by atoms with E-state index in [4.69, 9.17) is 4.74 Å². The monoisotopic (exact) mass is 142 g/mol. The van der Waals surface area contributed by atoms with Gasteiger partial charge in [0.05, 0.1) is 18.8 Å². The number of rotatable bonds is 0. The molecule has 2 nitrogen and oxygen atoms in total. The third-order valence-electron chi connectivity index (χ3n) is 2.77. The summed E-state index contributed by atoms with van der Waals surface area (Å²) in [6.07, 6.45) is 3.05. The highest BCUT2D eigenvalue weighted by molar-refractivity contribution is 4.99. The van der Waals surface area contributed by atoms with Crippen LogP contribution in [0.15, 0.2) is 0 Å². The van der Waals surface area contributed by atoms with Crippen LogP contribution in [0.1, 0.15) is 26.2 Å². The Morgan fingerprint density at radius 1 is 1.30 bits per heavy atom. The molecule has 2 rings (SSSR count). The molecule has 1 spiro atoms. The summed E-state index contributed by atoms with van der Waals surface area (Å²) in [5, 5.41) is 9.64. The van der Waals surface area contributed by atoms with Crippen LogP contribution in [0.4, 0.5) is 0 Å². The molecule has 1 N–H and O–H groups in total. The second kappa shape index (κ2) is 1.74. The van der Waals surface area contributed by atoms with Gasteiger partial charge in [-0.15, -0.1) is 0 Å². The van der Waals surface area contributed by atoms with E-state index in [1.54, 1.807) is 0 Å². The minimum Gasteiger partial charge on any atom is -0.390 e. The zero-order chi connectivity index (χ0) is 7.24. The number of aliphatic hydroxyl groups is 1. The summed E-state index contributed by atoms with van der Waals surface area (Å²) in [6.45, 7) is 3.69. The summed E-state index contributed by atoms with van der Waals surface area (Å²) in [5.74, 6) is 0. The van der Waals surface area contributed by atoms with Gasteiger partial charge >= 0.3 is 0 Å². The first kappa shape index (κ1) is 6.62. The van der Waals surface area contributed by atoms with Gasteiger partial charge in [0.2, 0.25) is 0 Å². The van der Waals surface area contributed by atoms with Crippen LogP contribution in [0.5, 0.6) is 0 Å². The van der Waals surface area contributed by atoms with E-state index >= 15 is 0 Å². The Morgan fingerprint density at radius 2 is 2.00 bits per heavy atom. The molecule has 1 atom stereocenters. The van der Waals surface area contributed by atoms with Crippen LogP contribution in [0.2, 0.25) is 0 Å². The second-order valence-electron chi connectivity index (χ2n) is 4.17. The van der Waals surface area contributed by atoms with Crippen LogP contribution in [0.3, 0.4) is 0 Å². The van der Waals surface area contributed by atoms with E-state index in [1.807, 2.05) is 6.92 Å². The van der Waals surface area contributed by atoms with Crippen molar-refractivity contribution in [2.24, 2.45) is 5.41 Å². The largest absolute Gasteiger partial charge is 0.390 e. The molecule has 0 amide bonds. The summed E-state index contributed by atoms with van der Waals surface area (Å²) >= 11 is 0. The zero-order valence-corrected chi connectivity index (χ0v) is 6.39. The lowest BCUT2D eigenvalue weighted by molar-refractivity contribution is -0.119. The van der Waals surface area contributed by atoms with Crippen LogP contribution >= 0.6 is 0 Å². The van der Waals surface area contributed by atoms with Crippen LogP contribution in [-0.2, 0) is 4.74 Å². The van der Waals surface area contributed by atoms with E-state index < -0.39 is 5.60 Å². The molecular formula is C8H14O2. The molecule has 10 heavy (non-hydrogen) atoms. The third-order valence-corrected chi connectivity index (χ3v) is 2.77. The highest BCUT2D eigenvalue weighted by Gasteiger charge is 2.49. The molecule has 2 aliphatic rings. The van der Waals surface area contributed by atoms with E-state index in [9.17, 15) is 5.11 Å². The van der Waals surface area contributed by atoms with Crippen molar-refractivity contribution in [3.63, 3.8) is 0 Å². The molecule has 0 aromatic carbocycles. The number of ether oxygens (including phenoxy) is 1. The van der Waals surface area contributed by atoms with E-state index in [-0.39, 0.29) is 0 Å². The molecule has 1 unspecified atom stereocenters. The molecule has 1 heterocycles. The lowest BCUT2D eigenvalue weighted by atomic mass is 9.83. The van der Waals surface area contributed by atoms with E-state index in [0.29, 0.717) is 5.41 Å². The molecule has 0 aromatic rings. The van der Waals surface area contributed by atoms with E-state index in [0.717, 1.165) is 32.5 Å². The maximum atomic E-state index is 9.64. The van der Waals surface area contributed by atoms with Crippen molar-refractivity contribution < 1.29 is 9.84 Å². The molecule has 1 aliphatic heterocycles. The summed E-state index contributed by atoms with van der Waals surface area (Å²) in [5.41, 5.74) is -0.0206. The molecule has 58 valence electrons. The van der Waals surface area contributed by atoms with Crippen molar-refractivity contribution in [1.29, 1.82) is 0 Å². The molecular weight excluding hydrogens is 128 g/mol. The average molecular weight is 142 g/mol. The Kier molecular flexibility index (Phi) is 1.15. The maximum absolute atomic E-state index is 9.64. The number of hydrogen-bond donors (Lipinski definition) is 1.